The highest BCUT2D eigenvalue weighted by atomic mass is 28.5. The lowest BCUT2D eigenvalue weighted by Crippen LogP contribution is -2.67. The Morgan fingerprint density at radius 1 is 0.556 bits per heavy atom. The van der Waals surface area contributed by atoms with E-state index >= 15 is 0 Å². The molecule has 0 aliphatic rings. The van der Waals surface area contributed by atoms with Crippen molar-refractivity contribution in [1.29, 1.82) is 0 Å². The van der Waals surface area contributed by atoms with E-state index in [9.17, 15) is 0 Å². The molecule has 2 unspecified atom stereocenters. The molecule has 0 heterocycles. The maximum absolute atomic E-state index is 6.01. The van der Waals surface area contributed by atoms with Gasteiger partial charge in [-0.1, -0.05) is 0 Å². The van der Waals surface area contributed by atoms with E-state index in [-0.39, 0.29) is 13.2 Å². The van der Waals surface area contributed by atoms with Crippen molar-refractivity contribution in [2.45, 2.75) is 13.8 Å². The van der Waals surface area contributed by atoms with Gasteiger partial charge in [0.15, 0.2) is 0 Å². The third kappa shape index (κ3) is 7.97. The molecule has 0 aromatic rings. The van der Waals surface area contributed by atoms with Crippen LogP contribution in [0.15, 0.2) is 0 Å². The minimum absolute atomic E-state index is 0.192. The van der Waals surface area contributed by atoms with Crippen LogP contribution in [0.4, 0.5) is 0 Å². The van der Waals surface area contributed by atoms with E-state index in [1.54, 1.807) is 13.8 Å². The van der Waals surface area contributed by atoms with Crippen molar-refractivity contribution < 1.29 is 52.2 Å². The molecule has 0 amide bonds. The molecule has 0 N–H and O–H groups in total. The average molecular weight is 469 g/mol. The van der Waals surface area contributed by atoms with Crippen molar-refractivity contribution in [3.63, 3.8) is 0 Å². The first-order valence-electron chi connectivity index (χ1n) is 8.01. The van der Waals surface area contributed by atoms with Gasteiger partial charge in [0.05, 0.1) is 0 Å². The highest BCUT2D eigenvalue weighted by molar-refractivity contribution is 6.76. The predicted molar refractivity (Wildman–Crippen MR) is 100.0 cm³/mol. The zero-order valence-corrected chi connectivity index (χ0v) is 21.5. The Labute approximate surface area is 166 Å². The predicted octanol–water partition coefficient (Wildman–Crippen LogP) is -0.342. The first-order valence-corrected chi connectivity index (χ1v) is 14.3. The van der Waals surface area contributed by atoms with E-state index in [0.717, 1.165) is 0 Å². The molecule has 16 heteroatoms. The summed E-state index contributed by atoms with van der Waals surface area (Å²) in [6.07, 6.45) is 0. The largest absolute Gasteiger partial charge is 0.673 e. The van der Waals surface area contributed by atoms with Crippen LogP contribution in [0.1, 0.15) is 13.8 Å². The summed E-state index contributed by atoms with van der Waals surface area (Å²) in [5.74, 6) is 0. The fraction of sp³-hybridized carbons (Fsp3) is 1.00. The van der Waals surface area contributed by atoms with Crippen molar-refractivity contribution in [3.8, 4) is 0 Å². The number of hydrogen-bond donors (Lipinski definition) is 0. The molecule has 0 aromatic heterocycles. The van der Waals surface area contributed by atoms with Crippen LogP contribution in [-0.4, -0.2) is 99.7 Å². The van der Waals surface area contributed by atoms with Gasteiger partial charge in [0.25, 0.3) is 0 Å². The van der Waals surface area contributed by atoms with Gasteiger partial charge >= 0.3 is 36.7 Å². The van der Waals surface area contributed by atoms with Crippen LogP contribution in [0.25, 0.3) is 0 Å². The summed E-state index contributed by atoms with van der Waals surface area (Å²) >= 11 is 0. The molecule has 0 bridgehead atoms. The molecule has 27 heavy (non-hydrogen) atoms. The normalized spacial score (nSPS) is 17.1. The second-order valence-corrected chi connectivity index (χ2v) is 14.2. The molecule has 0 saturated heterocycles. The van der Waals surface area contributed by atoms with Crippen molar-refractivity contribution in [2.24, 2.45) is 0 Å². The highest BCUT2D eigenvalue weighted by Gasteiger charge is 2.65. The maximum atomic E-state index is 6.01. The summed E-state index contributed by atoms with van der Waals surface area (Å²) in [6, 6.07) is 0. The Kier molecular flexibility index (Phi) is 13.8. The molecule has 0 radical (unpaired) electrons. The fourth-order valence-corrected chi connectivity index (χ4v) is 12.1. The Balaban J connectivity index is 5.91. The van der Waals surface area contributed by atoms with E-state index in [1.165, 1.54) is 49.8 Å². The summed E-state index contributed by atoms with van der Waals surface area (Å²) in [7, 11) is -4.31. The van der Waals surface area contributed by atoms with Crippen LogP contribution in [0.2, 0.25) is 0 Å². The number of rotatable bonds is 17. The van der Waals surface area contributed by atoms with Gasteiger partial charge in [-0.15, -0.1) is 0 Å². The monoisotopic (exact) mass is 468 g/mol. The van der Waals surface area contributed by atoms with Gasteiger partial charge in [-0.3, -0.25) is 0 Å². The zero-order valence-electron chi connectivity index (χ0n) is 17.4. The van der Waals surface area contributed by atoms with Gasteiger partial charge in [0.1, 0.15) is 0 Å². The van der Waals surface area contributed by atoms with Crippen LogP contribution in [0.3, 0.4) is 0 Å². The van der Waals surface area contributed by atoms with E-state index < -0.39 is 36.7 Å². The summed E-state index contributed by atoms with van der Waals surface area (Å²) < 4.78 is 66.3. The molecule has 0 spiro atoms. The molecule has 0 saturated carbocycles. The Hall–Kier alpha value is 0.388. The second-order valence-electron chi connectivity index (χ2n) is 4.47. The molecular formula is C11H32O12Si4. The maximum Gasteiger partial charge on any atom is 0.673 e. The van der Waals surface area contributed by atoms with Crippen LogP contribution in [0, 0.1) is 0 Å². The molecular weight excluding hydrogens is 436 g/mol. The zero-order chi connectivity index (χ0) is 21.0. The molecule has 0 aliphatic carbocycles. The van der Waals surface area contributed by atoms with Crippen LogP contribution in [0.5, 0.6) is 0 Å². The van der Waals surface area contributed by atoms with Gasteiger partial charge < -0.3 is 52.2 Å². The minimum atomic E-state index is -3.97. The first kappa shape index (κ1) is 27.4. The van der Waals surface area contributed by atoms with Crippen molar-refractivity contribution >= 4 is 36.7 Å². The smallest absolute Gasteiger partial charge is 0.380 e. The van der Waals surface area contributed by atoms with Gasteiger partial charge in [0, 0.05) is 63.0 Å². The van der Waals surface area contributed by atoms with Crippen molar-refractivity contribution in [1.82, 2.24) is 0 Å². The summed E-state index contributed by atoms with van der Waals surface area (Å²) in [5, 5.41) is 0. The second kappa shape index (κ2) is 13.6. The van der Waals surface area contributed by atoms with Crippen LogP contribution >= 0.6 is 0 Å². The lowest BCUT2D eigenvalue weighted by atomic mass is 10.9. The van der Waals surface area contributed by atoms with Crippen molar-refractivity contribution in [3.05, 3.63) is 0 Å². The van der Waals surface area contributed by atoms with Crippen LogP contribution in [-0.2, 0) is 52.2 Å². The van der Waals surface area contributed by atoms with E-state index in [1.807, 2.05) is 0 Å². The average Bonchev–Trinajstić information content (AvgIpc) is 2.70. The third-order valence-corrected chi connectivity index (χ3v) is 13.5. The molecule has 2 atom stereocenters. The Morgan fingerprint density at radius 3 is 1.26 bits per heavy atom. The molecule has 0 aliphatic heterocycles. The quantitative estimate of drug-likeness (QED) is 0.260. The summed E-state index contributed by atoms with van der Waals surface area (Å²) in [5.41, 5.74) is 0. The molecule has 12 nitrogen and oxygen atoms in total. The SMILES string of the molecule is CCO[Si](OC)(O[SiH](OC)OC)O[Si](OC)(OCC)O[Si](OC)(OC)OC. The molecule has 0 fully saturated rings. The Bertz CT molecular complexity index is 380. The Morgan fingerprint density at radius 2 is 0.926 bits per heavy atom. The van der Waals surface area contributed by atoms with Gasteiger partial charge in [-0.25, -0.2) is 0 Å². The minimum Gasteiger partial charge on any atom is -0.380 e. The van der Waals surface area contributed by atoms with Gasteiger partial charge in [-0.2, -0.15) is 0 Å². The summed E-state index contributed by atoms with van der Waals surface area (Å²) in [4.78, 5) is 0. The molecule has 0 rings (SSSR count). The van der Waals surface area contributed by atoms with Crippen molar-refractivity contribution in [2.75, 3.05) is 63.0 Å². The first-order chi connectivity index (χ1) is 12.8. The number of hydrogen-bond acceptors (Lipinski definition) is 12. The van der Waals surface area contributed by atoms with E-state index in [4.69, 9.17) is 52.2 Å². The van der Waals surface area contributed by atoms with E-state index in [2.05, 4.69) is 0 Å². The molecule has 164 valence electrons. The fourth-order valence-electron chi connectivity index (χ4n) is 1.80. The van der Waals surface area contributed by atoms with Crippen LogP contribution < -0.4 is 0 Å². The summed E-state index contributed by atoms with van der Waals surface area (Å²) in [6.45, 7) is 3.90. The lowest BCUT2D eigenvalue weighted by Gasteiger charge is -2.37. The molecule has 0 aromatic carbocycles. The van der Waals surface area contributed by atoms with Gasteiger partial charge in [-0.05, 0) is 13.8 Å². The van der Waals surface area contributed by atoms with Gasteiger partial charge in [0.2, 0.25) is 0 Å². The third-order valence-electron chi connectivity index (χ3n) is 3.02. The standard InChI is InChI=1S/C11H32O12Si4/c1-10-19-26(17-8,21-24(12-3)13-4)23-27(18-9,20-11-2)22-25(14-5,15-6)16-7/h24H,10-11H2,1-9H3. The lowest BCUT2D eigenvalue weighted by molar-refractivity contribution is -0.0520. The van der Waals surface area contributed by atoms with E-state index in [0.29, 0.717) is 0 Å². The highest BCUT2D eigenvalue weighted by Crippen LogP contribution is 2.26. The topological polar surface area (TPSA) is 111 Å².